The summed E-state index contributed by atoms with van der Waals surface area (Å²) < 4.78 is 0.333. The van der Waals surface area contributed by atoms with Crippen molar-refractivity contribution >= 4 is 28.0 Å². The van der Waals surface area contributed by atoms with Crippen LogP contribution in [0.1, 0.15) is 66.2 Å². The number of amides is 1. The minimum atomic E-state index is -1.10. The van der Waals surface area contributed by atoms with Crippen LogP contribution in [0.5, 0.6) is 0 Å². The number of quaternary nitrogens is 1. The fourth-order valence-corrected chi connectivity index (χ4v) is 6.37. The lowest BCUT2D eigenvalue weighted by atomic mass is 9.75. The average Bonchev–Trinajstić information content (AvgIpc) is 2.83. The van der Waals surface area contributed by atoms with Crippen LogP contribution < -0.4 is 0 Å². The van der Waals surface area contributed by atoms with E-state index in [1.807, 2.05) is 26.8 Å². The summed E-state index contributed by atoms with van der Waals surface area (Å²) in [5.41, 5.74) is 0.940. The molecule has 0 spiro atoms. The first-order valence-electron chi connectivity index (χ1n) is 9.66. The Morgan fingerprint density at radius 1 is 1.19 bits per heavy atom. The van der Waals surface area contributed by atoms with Crippen molar-refractivity contribution in [3.63, 3.8) is 0 Å². The zero-order valence-electron chi connectivity index (χ0n) is 16.5. The zero-order valence-corrected chi connectivity index (χ0v) is 18.1. The van der Waals surface area contributed by atoms with E-state index in [1.54, 1.807) is 13.0 Å². The van der Waals surface area contributed by atoms with Crippen LogP contribution in [0.4, 0.5) is 4.79 Å². The maximum Gasteiger partial charge on any atom is 0.524 e. The average molecular weight is 439 g/mol. The highest BCUT2D eigenvalue weighted by Crippen LogP contribution is 2.57. The monoisotopic (exact) mass is 438 g/mol. The second-order valence-electron chi connectivity index (χ2n) is 9.26. The molecule has 0 aromatic rings. The molecule has 1 amide bonds. The van der Waals surface area contributed by atoms with Gasteiger partial charge in [-0.25, -0.2) is 0 Å². The van der Waals surface area contributed by atoms with Crippen LogP contribution in [0.15, 0.2) is 33.6 Å². The fraction of sp³-hybridized carbons (Fsp3) is 0.619. The number of hydrogen-bond donors (Lipinski definition) is 2. The SMILES string of the molecule is CC1(C(=O)O)C=CC2=C(C1)[N+](C(=O)O)(C(C)(C)C)C(Br)=C2C1CCCCC1. The van der Waals surface area contributed by atoms with Gasteiger partial charge in [-0.1, -0.05) is 31.4 Å². The molecule has 0 radical (unpaired) electrons. The van der Waals surface area contributed by atoms with Crippen LogP contribution in [-0.4, -0.2) is 32.3 Å². The van der Waals surface area contributed by atoms with Crippen LogP contribution in [0.2, 0.25) is 0 Å². The molecule has 0 aromatic heterocycles. The summed E-state index contributed by atoms with van der Waals surface area (Å²) in [6, 6.07) is 0. The third-order valence-corrected chi connectivity index (χ3v) is 7.43. The number of rotatable bonds is 2. The summed E-state index contributed by atoms with van der Waals surface area (Å²) in [6.45, 7) is 7.40. The summed E-state index contributed by atoms with van der Waals surface area (Å²) in [5, 5.41) is 20.2. The standard InChI is InChI=1S/C21H28BrNO4/c1-20(2,3)23(19(26)27)15-12-21(4,18(24)25)11-10-14(15)16(17(23)22)13-8-6-5-7-9-13/h10-11,13H,5-9,12H2,1-4H3,(H-,24,25,26,27)/p+1. The van der Waals surface area contributed by atoms with Crippen LogP contribution in [-0.2, 0) is 4.79 Å². The van der Waals surface area contributed by atoms with E-state index in [0.717, 1.165) is 36.8 Å². The number of allylic oxidation sites excluding steroid dienone is 4. The van der Waals surface area contributed by atoms with E-state index in [-0.39, 0.29) is 10.9 Å². The molecular formula is C21H29BrNO4+. The molecule has 0 aromatic carbocycles. The van der Waals surface area contributed by atoms with Gasteiger partial charge in [-0.15, -0.1) is 0 Å². The molecule has 1 fully saturated rings. The Labute approximate surface area is 169 Å². The van der Waals surface area contributed by atoms with Crippen molar-refractivity contribution in [2.75, 3.05) is 0 Å². The number of carboxylic acids is 1. The highest BCUT2D eigenvalue weighted by molar-refractivity contribution is 9.11. The van der Waals surface area contributed by atoms with E-state index >= 15 is 0 Å². The minimum Gasteiger partial charge on any atom is -0.481 e. The summed E-state index contributed by atoms with van der Waals surface area (Å²) in [5.74, 6) is -0.608. The lowest BCUT2D eigenvalue weighted by Gasteiger charge is -2.43. The fourth-order valence-electron chi connectivity index (χ4n) is 4.93. The third-order valence-electron chi connectivity index (χ3n) is 6.47. The highest BCUT2D eigenvalue weighted by atomic mass is 79.9. The molecule has 3 rings (SSSR count). The van der Waals surface area contributed by atoms with Gasteiger partial charge < -0.3 is 10.2 Å². The van der Waals surface area contributed by atoms with E-state index in [4.69, 9.17) is 0 Å². The molecule has 2 N–H and O–H groups in total. The molecule has 2 unspecified atom stereocenters. The lowest BCUT2D eigenvalue weighted by Crippen LogP contribution is -2.60. The number of carbonyl (C=O) groups is 2. The van der Waals surface area contributed by atoms with Crippen molar-refractivity contribution in [2.45, 2.75) is 71.8 Å². The van der Waals surface area contributed by atoms with Crippen molar-refractivity contribution in [1.82, 2.24) is 0 Å². The normalized spacial score (nSPS) is 32.0. The molecule has 2 atom stereocenters. The number of aliphatic carboxylic acids is 1. The minimum absolute atomic E-state index is 0.197. The number of hydrogen-bond acceptors (Lipinski definition) is 2. The van der Waals surface area contributed by atoms with Gasteiger partial charge in [0.25, 0.3) is 0 Å². The third kappa shape index (κ3) is 2.83. The summed E-state index contributed by atoms with van der Waals surface area (Å²) in [4.78, 5) is 24.7. The molecule has 2 aliphatic carbocycles. The molecule has 5 nitrogen and oxygen atoms in total. The Morgan fingerprint density at radius 2 is 1.78 bits per heavy atom. The van der Waals surface area contributed by atoms with Gasteiger partial charge in [0.2, 0.25) is 0 Å². The maximum absolute atomic E-state index is 12.7. The Hall–Kier alpha value is -1.40. The molecule has 6 heteroatoms. The van der Waals surface area contributed by atoms with Crippen molar-refractivity contribution in [3.05, 3.63) is 33.6 Å². The summed E-state index contributed by atoms with van der Waals surface area (Å²) in [7, 11) is 0. The Balaban J connectivity index is 2.26. The van der Waals surface area contributed by atoms with Gasteiger partial charge in [-0.3, -0.25) is 4.79 Å². The molecule has 0 saturated heterocycles. The van der Waals surface area contributed by atoms with E-state index in [0.29, 0.717) is 16.2 Å². The van der Waals surface area contributed by atoms with Crippen molar-refractivity contribution < 1.29 is 24.3 Å². The highest BCUT2D eigenvalue weighted by Gasteiger charge is 2.62. The number of carboxylic acid groups (broad SMARTS) is 2. The zero-order chi connectivity index (χ0) is 20.2. The second-order valence-corrected chi connectivity index (χ2v) is 10.0. The lowest BCUT2D eigenvalue weighted by molar-refractivity contribution is -0.822. The topological polar surface area (TPSA) is 74.6 Å². The maximum atomic E-state index is 12.7. The largest absolute Gasteiger partial charge is 0.524 e. The van der Waals surface area contributed by atoms with Gasteiger partial charge in [0.1, 0.15) is 11.2 Å². The molecule has 148 valence electrons. The van der Waals surface area contributed by atoms with Gasteiger partial charge >= 0.3 is 12.1 Å². The van der Waals surface area contributed by atoms with Gasteiger partial charge in [0, 0.05) is 33.5 Å². The molecule has 27 heavy (non-hydrogen) atoms. The summed E-state index contributed by atoms with van der Waals surface area (Å²) >= 11 is 3.71. The van der Waals surface area contributed by atoms with Crippen LogP contribution >= 0.6 is 15.9 Å². The first-order valence-corrected chi connectivity index (χ1v) is 10.5. The van der Waals surface area contributed by atoms with Crippen LogP contribution in [0.25, 0.3) is 0 Å². The second kappa shape index (κ2) is 6.59. The van der Waals surface area contributed by atoms with Crippen LogP contribution in [0.3, 0.4) is 0 Å². The van der Waals surface area contributed by atoms with E-state index < -0.39 is 23.0 Å². The Bertz CT molecular complexity index is 782. The molecule has 1 heterocycles. The van der Waals surface area contributed by atoms with Gasteiger partial charge in [0.15, 0.2) is 4.61 Å². The molecule has 3 aliphatic rings. The smallest absolute Gasteiger partial charge is 0.481 e. The molecule has 1 aliphatic heterocycles. The van der Waals surface area contributed by atoms with Crippen LogP contribution in [0, 0.1) is 11.3 Å². The van der Waals surface area contributed by atoms with E-state index in [9.17, 15) is 19.8 Å². The molecule has 1 saturated carbocycles. The quantitative estimate of drug-likeness (QED) is 0.422. The first kappa shape index (κ1) is 20.3. The van der Waals surface area contributed by atoms with E-state index in [2.05, 4.69) is 15.9 Å². The first-order chi connectivity index (χ1) is 12.5. The predicted octanol–water partition coefficient (Wildman–Crippen LogP) is 5.79. The van der Waals surface area contributed by atoms with Crippen molar-refractivity contribution in [2.24, 2.45) is 11.3 Å². The van der Waals surface area contributed by atoms with Gasteiger partial charge in [-0.2, -0.15) is 9.28 Å². The molecular weight excluding hydrogens is 410 g/mol. The van der Waals surface area contributed by atoms with Crippen molar-refractivity contribution in [1.29, 1.82) is 0 Å². The van der Waals surface area contributed by atoms with Gasteiger partial charge in [0.05, 0.1) is 5.41 Å². The van der Waals surface area contributed by atoms with E-state index in [1.165, 1.54) is 6.42 Å². The Morgan fingerprint density at radius 3 is 2.26 bits per heavy atom. The Kier molecular flexibility index (Phi) is 4.96. The van der Waals surface area contributed by atoms with Gasteiger partial charge in [-0.05, 0) is 46.5 Å². The predicted molar refractivity (Wildman–Crippen MR) is 107 cm³/mol. The molecule has 0 bridgehead atoms. The number of nitrogens with zero attached hydrogens (tertiary/aromatic N) is 1. The number of halogens is 1. The van der Waals surface area contributed by atoms with Crippen molar-refractivity contribution in [3.8, 4) is 0 Å². The summed E-state index contributed by atoms with van der Waals surface area (Å²) in [6.07, 6.45) is 8.46.